The molecule has 0 radical (unpaired) electrons. The highest BCUT2D eigenvalue weighted by molar-refractivity contribution is 7.91. The molecule has 0 spiro atoms. The van der Waals surface area contributed by atoms with Crippen molar-refractivity contribution < 1.29 is 13.2 Å². The van der Waals surface area contributed by atoms with E-state index in [0.717, 1.165) is 52.1 Å². The van der Waals surface area contributed by atoms with E-state index in [-0.39, 0.29) is 21.6 Å². The van der Waals surface area contributed by atoms with Gasteiger partial charge in [-0.05, 0) is 37.5 Å². The monoisotopic (exact) mass is 447 g/mol. The van der Waals surface area contributed by atoms with E-state index in [2.05, 4.69) is 9.80 Å². The zero-order valence-electron chi connectivity index (χ0n) is 15.9. The minimum absolute atomic E-state index is 0.000228. The molecule has 2 aliphatic rings. The molecule has 28 heavy (non-hydrogen) atoms. The van der Waals surface area contributed by atoms with Crippen molar-refractivity contribution in [3.05, 3.63) is 28.2 Å². The van der Waals surface area contributed by atoms with E-state index in [1.807, 2.05) is 4.90 Å². The summed E-state index contributed by atoms with van der Waals surface area (Å²) in [5, 5.41) is 0.556. The molecule has 0 aromatic heterocycles. The predicted octanol–water partition coefficient (Wildman–Crippen LogP) is 2.40. The lowest BCUT2D eigenvalue weighted by Crippen LogP contribution is -2.51. The molecule has 6 nitrogen and oxygen atoms in total. The lowest BCUT2D eigenvalue weighted by Gasteiger charge is -2.36. The second-order valence-corrected chi connectivity index (χ2v) is 10.4. The average molecular weight is 448 g/mol. The first-order valence-electron chi connectivity index (χ1n) is 9.75. The van der Waals surface area contributed by atoms with E-state index in [1.165, 1.54) is 18.6 Å². The van der Waals surface area contributed by atoms with Crippen molar-refractivity contribution in [2.45, 2.75) is 24.2 Å². The van der Waals surface area contributed by atoms with Gasteiger partial charge >= 0.3 is 0 Å². The molecule has 0 atom stereocenters. The van der Waals surface area contributed by atoms with Gasteiger partial charge in [0.15, 0.2) is 9.84 Å². The summed E-state index contributed by atoms with van der Waals surface area (Å²) in [7, 11) is -3.49. The van der Waals surface area contributed by atoms with E-state index in [0.29, 0.717) is 18.1 Å². The quantitative estimate of drug-likeness (QED) is 0.669. The van der Waals surface area contributed by atoms with Crippen LogP contribution in [0.15, 0.2) is 23.1 Å². The number of amides is 1. The highest BCUT2D eigenvalue weighted by Gasteiger charge is 2.25. The van der Waals surface area contributed by atoms with Gasteiger partial charge in [-0.1, -0.05) is 23.2 Å². The molecule has 3 rings (SSSR count). The molecule has 2 saturated heterocycles. The Kier molecular flexibility index (Phi) is 7.61. The van der Waals surface area contributed by atoms with Gasteiger partial charge in [0.1, 0.15) is 0 Å². The number of sulfone groups is 1. The SMILES string of the molecule is O=C(CN1CCN(CCS(=O)(=O)c2cc(Cl)ccc2Cl)CC1)N1CCCCC1. The Bertz CT molecular complexity index is 790. The summed E-state index contributed by atoms with van der Waals surface area (Å²) in [6.07, 6.45) is 3.42. The Morgan fingerprint density at radius 1 is 0.929 bits per heavy atom. The summed E-state index contributed by atoms with van der Waals surface area (Å²) < 4.78 is 25.2. The standard InChI is InChI=1S/C19H27Cl2N3O3S/c20-16-4-5-17(21)18(14-16)28(26,27)13-12-22-8-10-23(11-9-22)15-19(25)24-6-2-1-3-7-24/h4-5,14H,1-3,6-13,15H2. The third-order valence-corrected chi connectivity index (χ3v) is 7.84. The molecule has 9 heteroatoms. The number of carbonyl (C=O) groups is 1. The van der Waals surface area contributed by atoms with Crippen LogP contribution in [0.5, 0.6) is 0 Å². The maximum Gasteiger partial charge on any atom is 0.236 e. The Labute approximate surface area is 177 Å². The lowest BCUT2D eigenvalue weighted by molar-refractivity contribution is -0.133. The predicted molar refractivity (Wildman–Crippen MR) is 112 cm³/mol. The molecule has 0 bridgehead atoms. The van der Waals surface area contributed by atoms with E-state index >= 15 is 0 Å². The fraction of sp³-hybridized carbons (Fsp3) is 0.632. The van der Waals surface area contributed by atoms with Crippen LogP contribution in [0.4, 0.5) is 0 Å². The average Bonchev–Trinajstić information content (AvgIpc) is 2.70. The third kappa shape index (κ3) is 5.83. The van der Waals surface area contributed by atoms with Crippen LogP contribution in [-0.2, 0) is 14.6 Å². The molecule has 1 amide bonds. The first-order chi connectivity index (χ1) is 13.3. The number of hydrogen-bond donors (Lipinski definition) is 0. The van der Waals surface area contributed by atoms with Gasteiger partial charge in [-0.25, -0.2) is 8.42 Å². The van der Waals surface area contributed by atoms with Crippen molar-refractivity contribution in [3.8, 4) is 0 Å². The second-order valence-electron chi connectivity index (χ2n) is 7.45. The van der Waals surface area contributed by atoms with Crippen LogP contribution >= 0.6 is 23.2 Å². The van der Waals surface area contributed by atoms with Crippen molar-refractivity contribution in [3.63, 3.8) is 0 Å². The Hall–Kier alpha value is -0.860. The van der Waals surface area contributed by atoms with Gasteiger partial charge in [-0.15, -0.1) is 0 Å². The number of likely N-dealkylation sites (tertiary alicyclic amines) is 1. The highest BCUT2D eigenvalue weighted by Crippen LogP contribution is 2.26. The van der Waals surface area contributed by atoms with Gasteiger partial charge in [0.05, 0.1) is 22.2 Å². The summed E-state index contributed by atoms with van der Waals surface area (Å²) in [5.41, 5.74) is 0. The Morgan fingerprint density at radius 3 is 2.25 bits per heavy atom. The summed E-state index contributed by atoms with van der Waals surface area (Å²) in [4.78, 5) is 18.7. The van der Waals surface area contributed by atoms with Crippen LogP contribution in [-0.4, -0.2) is 87.1 Å². The molecule has 1 aromatic rings. The Morgan fingerprint density at radius 2 is 1.57 bits per heavy atom. The lowest BCUT2D eigenvalue weighted by atomic mass is 10.1. The molecule has 2 heterocycles. The summed E-state index contributed by atoms with van der Waals surface area (Å²) >= 11 is 12.0. The van der Waals surface area contributed by atoms with Crippen LogP contribution in [0, 0.1) is 0 Å². The summed E-state index contributed by atoms with van der Waals surface area (Å²) in [6, 6.07) is 4.49. The fourth-order valence-corrected chi connectivity index (χ4v) is 5.78. The highest BCUT2D eigenvalue weighted by atomic mass is 35.5. The molecule has 0 N–H and O–H groups in total. The largest absolute Gasteiger partial charge is 0.342 e. The van der Waals surface area contributed by atoms with E-state index in [4.69, 9.17) is 23.2 Å². The number of halogens is 2. The van der Waals surface area contributed by atoms with Crippen LogP contribution in [0.1, 0.15) is 19.3 Å². The van der Waals surface area contributed by atoms with Crippen molar-refractivity contribution in [1.82, 2.24) is 14.7 Å². The number of rotatable bonds is 6. The van der Waals surface area contributed by atoms with Crippen molar-refractivity contribution in [1.29, 1.82) is 0 Å². The molecule has 2 fully saturated rings. The van der Waals surface area contributed by atoms with E-state index in [1.54, 1.807) is 6.07 Å². The Balaban J connectivity index is 1.45. The zero-order chi connectivity index (χ0) is 20.1. The van der Waals surface area contributed by atoms with Crippen molar-refractivity contribution >= 4 is 38.9 Å². The smallest absolute Gasteiger partial charge is 0.236 e. The van der Waals surface area contributed by atoms with Gasteiger partial charge in [0, 0.05) is 50.8 Å². The minimum Gasteiger partial charge on any atom is -0.342 e. The molecular formula is C19H27Cl2N3O3S. The van der Waals surface area contributed by atoms with Crippen LogP contribution in [0.3, 0.4) is 0 Å². The minimum atomic E-state index is -3.49. The number of hydrogen-bond acceptors (Lipinski definition) is 5. The van der Waals surface area contributed by atoms with Crippen LogP contribution < -0.4 is 0 Å². The van der Waals surface area contributed by atoms with Crippen LogP contribution in [0.25, 0.3) is 0 Å². The zero-order valence-corrected chi connectivity index (χ0v) is 18.3. The van der Waals surface area contributed by atoms with Gasteiger partial charge in [0.25, 0.3) is 0 Å². The normalized spacial score (nSPS) is 19.7. The molecule has 156 valence electrons. The maximum absolute atomic E-state index is 12.6. The fourth-order valence-electron chi connectivity index (χ4n) is 3.68. The third-order valence-electron chi connectivity index (χ3n) is 5.44. The van der Waals surface area contributed by atoms with Crippen LogP contribution in [0.2, 0.25) is 10.0 Å². The first-order valence-corrected chi connectivity index (χ1v) is 12.2. The first kappa shape index (κ1) is 21.8. The molecule has 1 aromatic carbocycles. The second kappa shape index (κ2) is 9.76. The van der Waals surface area contributed by atoms with Crippen molar-refractivity contribution in [2.75, 3.05) is 58.1 Å². The van der Waals surface area contributed by atoms with Gasteiger partial charge in [-0.2, -0.15) is 0 Å². The topological polar surface area (TPSA) is 60.9 Å². The number of piperidine rings is 1. The number of carbonyl (C=O) groups excluding carboxylic acids is 1. The number of nitrogens with zero attached hydrogens (tertiary/aromatic N) is 3. The number of piperazine rings is 1. The summed E-state index contributed by atoms with van der Waals surface area (Å²) in [6.45, 7) is 5.72. The van der Waals surface area contributed by atoms with Crippen molar-refractivity contribution in [2.24, 2.45) is 0 Å². The molecule has 2 aliphatic heterocycles. The van der Waals surface area contributed by atoms with Gasteiger partial charge < -0.3 is 4.90 Å². The molecular weight excluding hydrogens is 421 g/mol. The molecule has 0 unspecified atom stereocenters. The summed E-state index contributed by atoms with van der Waals surface area (Å²) in [5.74, 6) is 0.214. The number of benzene rings is 1. The van der Waals surface area contributed by atoms with E-state index < -0.39 is 9.84 Å². The molecule has 0 aliphatic carbocycles. The van der Waals surface area contributed by atoms with Gasteiger partial charge in [0.2, 0.25) is 5.91 Å². The molecule has 0 saturated carbocycles. The van der Waals surface area contributed by atoms with E-state index in [9.17, 15) is 13.2 Å². The maximum atomic E-state index is 12.6. The van der Waals surface area contributed by atoms with Gasteiger partial charge in [-0.3, -0.25) is 14.6 Å².